The number of carbonyl (C=O) groups is 2. The van der Waals surface area contributed by atoms with Crippen molar-refractivity contribution < 1.29 is 14.7 Å². The van der Waals surface area contributed by atoms with Gasteiger partial charge in [-0.15, -0.1) is 0 Å². The predicted molar refractivity (Wildman–Crippen MR) is 73.9 cm³/mol. The SMILES string of the molecule is CC(C)c1ccc(C(C)NC(=O)/C=C/C(=O)O)cc1. The Kier molecular flexibility index (Phi) is 5.30. The highest BCUT2D eigenvalue weighted by Crippen LogP contribution is 2.18. The number of hydrogen-bond donors (Lipinski definition) is 2. The van der Waals surface area contributed by atoms with Crippen LogP contribution in [0, 0.1) is 0 Å². The molecule has 0 bridgehead atoms. The molecule has 0 aromatic heterocycles. The lowest BCUT2D eigenvalue weighted by Gasteiger charge is -2.14. The number of aliphatic carboxylic acids is 1. The quantitative estimate of drug-likeness (QED) is 0.801. The van der Waals surface area contributed by atoms with E-state index >= 15 is 0 Å². The van der Waals surface area contributed by atoms with E-state index in [1.54, 1.807) is 0 Å². The Bertz CT molecular complexity index is 475. The molecule has 102 valence electrons. The maximum atomic E-state index is 11.4. The highest BCUT2D eigenvalue weighted by Gasteiger charge is 2.08. The van der Waals surface area contributed by atoms with E-state index in [4.69, 9.17) is 5.11 Å². The summed E-state index contributed by atoms with van der Waals surface area (Å²) in [4.78, 5) is 21.7. The fourth-order valence-corrected chi connectivity index (χ4v) is 1.66. The normalized spacial score (nSPS) is 12.6. The summed E-state index contributed by atoms with van der Waals surface area (Å²) in [6.45, 7) is 6.10. The average molecular weight is 261 g/mol. The second-order valence-electron chi connectivity index (χ2n) is 4.72. The van der Waals surface area contributed by atoms with Gasteiger partial charge in [0.25, 0.3) is 0 Å². The first-order chi connectivity index (χ1) is 8.90. The van der Waals surface area contributed by atoms with Crippen LogP contribution < -0.4 is 5.32 Å². The van der Waals surface area contributed by atoms with Crippen LogP contribution in [-0.4, -0.2) is 17.0 Å². The summed E-state index contributed by atoms with van der Waals surface area (Å²) in [6, 6.07) is 7.86. The fourth-order valence-electron chi connectivity index (χ4n) is 1.66. The number of amides is 1. The van der Waals surface area contributed by atoms with Crippen LogP contribution in [-0.2, 0) is 9.59 Å². The van der Waals surface area contributed by atoms with Crippen LogP contribution in [0.25, 0.3) is 0 Å². The lowest BCUT2D eigenvalue weighted by molar-refractivity contribution is -0.131. The molecule has 0 aliphatic heterocycles. The van der Waals surface area contributed by atoms with Gasteiger partial charge in [0.05, 0.1) is 6.04 Å². The van der Waals surface area contributed by atoms with Gasteiger partial charge in [-0.05, 0) is 24.0 Å². The monoisotopic (exact) mass is 261 g/mol. The second-order valence-corrected chi connectivity index (χ2v) is 4.72. The summed E-state index contributed by atoms with van der Waals surface area (Å²) in [6.07, 6.45) is 1.84. The zero-order valence-corrected chi connectivity index (χ0v) is 11.4. The van der Waals surface area contributed by atoms with Gasteiger partial charge in [-0.1, -0.05) is 38.1 Å². The zero-order valence-electron chi connectivity index (χ0n) is 11.4. The molecule has 4 nitrogen and oxygen atoms in total. The van der Waals surface area contributed by atoms with E-state index in [0.29, 0.717) is 5.92 Å². The minimum absolute atomic E-state index is 0.160. The topological polar surface area (TPSA) is 66.4 Å². The Morgan fingerprint density at radius 1 is 1.05 bits per heavy atom. The van der Waals surface area contributed by atoms with Crippen molar-refractivity contribution in [3.05, 3.63) is 47.5 Å². The van der Waals surface area contributed by atoms with Gasteiger partial charge >= 0.3 is 5.97 Å². The molecule has 19 heavy (non-hydrogen) atoms. The Morgan fingerprint density at radius 3 is 2.05 bits per heavy atom. The Hall–Kier alpha value is -2.10. The largest absolute Gasteiger partial charge is 0.478 e. The third kappa shape index (κ3) is 4.95. The zero-order chi connectivity index (χ0) is 14.4. The molecular formula is C15H19NO3. The highest BCUT2D eigenvalue weighted by molar-refractivity contribution is 5.94. The number of benzene rings is 1. The van der Waals surface area contributed by atoms with Gasteiger partial charge in [-0.2, -0.15) is 0 Å². The smallest absolute Gasteiger partial charge is 0.328 e. The van der Waals surface area contributed by atoms with Gasteiger partial charge in [0.15, 0.2) is 0 Å². The van der Waals surface area contributed by atoms with Crippen LogP contribution in [0.5, 0.6) is 0 Å². The summed E-state index contributed by atoms with van der Waals surface area (Å²) >= 11 is 0. The summed E-state index contributed by atoms with van der Waals surface area (Å²) in [5.41, 5.74) is 2.23. The van der Waals surface area contributed by atoms with E-state index in [1.807, 2.05) is 31.2 Å². The molecule has 1 unspecified atom stereocenters. The summed E-state index contributed by atoms with van der Waals surface area (Å²) in [5, 5.41) is 11.1. The molecule has 0 heterocycles. The molecule has 0 saturated carbocycles. The molecule has 0 aliphatic carbocycles. The first-order valence-electron chi connectivity index (χ1n) is 6.21. The van der Waals surface area contributed by atoms with Gasteiger partial charge < -0.3 is 10.4 Å². The number of hydrogen-bond acceptors (Lipinski definition) is 2. The van der Waals surface area contributed by atoms with Gasteiger partial charge in [0.1, 0.15) is 0 Å². The van der Waals surface area contributed by atoms with E-state index in [1.165, 1.54) is 5.56 Å². The lowest BCUT2D eigenvalue weighted by atomic mass is 9.99. The minimum Gasteiger partial charge on any atom is -0.478 e. The van der Waals surface area contributed by atoms with Gasteiger partial charge in [0, 0.05) is 12.2 Å². The van der Waals surface area contributed by atoms with Crippen LogP contribution in [0.4, 0.5) is 0 Å². The molecule has 1 aromatic rings. The summed E-state index contributed by atoms with van der Waals surface area (Å²) in [7, 11) is 0. The Balaban J connectivity index is 2.65. The fraction of sp³-hybridized carbons (Fsp3) is 0.333. The van der Waals surface area contributed by atoms with E-state index in [0.717, 1.165) is 17.7 Å². The standard InChI is InChI=1S/C15H19NO3/c1-10(2)12-4-6-13(7-5-12)11(3)16-14(17)8-9-15(18)19/h4-11H,1-3H3,(H,16,17)(H,18,19)/b9-8+. The molecule has 2 N–H and O–H groups in total. The van der Waals surface area contributed by atoms with Crippen molar-refractivity contribution in [3.8, 4) is 0 Å². The van der Waals surface area contributed by atoms with Crippen molar-refractivity contribution in [2.24, 2.45) is 0 Å². The van der Waals surface area contributed by atoms with Crippen molar-refractivity contribution in [1.29, 1.82) is 0 Å². The molecule has 0 radical (unpaired) electrons. The van der Waals surface area contributed by atoms with Gasteiger partial charge in [-0.3, -0.25) is 4.79 Å². The first kappa shape index (κ1) is 15.0. The van der Waals surface area contributed by atoms with Crippen LogP contribution >= 0.6 is 0 Å². The number of nitrogens with one attached hydrogen (secondary N) is 1. The third-order valence-electron chi connectivity index (χ3n) is 2.84. The molecule has 0 spiro atoms. The summed E-state index contributed by atoms with van der Waals surface area (Å²) < 4.78 is 0. The molecule has 0 fully saturated rings. The van der Waals surface area contributed by atoms with Gasteiger partial charge in [0.2, 0.25) is 5.91 Å². The van der Waals surface area contributed by atoms with Crippen LogP contribution in [0.15, 0.2) is 36.4 Å². The molecule has 0 saturated heterocycles. The molecule has 0 aliphatic rings. The molecule has 1 amide bonds. The number of carboxylic acids is 1. The number of carbonyl (C=O) groups excluding carboxylic acids is 1. The van der Waals surface area contributed by atoms with Crippen LogP contribution in [0.2, 0.25) is 0 Å². The maximum absolute atomic E-state index is 11.4. The average Bonchev–Trinajstić information content (AvgIpc) is 2.36. The second kappa shape index (κ2) is 6.73. The maximum Gasteiger partial charge on any atom is 0.328 e. The van der Waals surface area contributed by atoms with Crippen molar-refractivity contribution in [2.75, 3.05) is 0 Å². The molecule has 1 rings (SSSR count). The van der Waals surface area contributed by atoms with Crippen molar-refractivity contribution in [1.82, 2.24) is 5.32 Å². The van der Waals surface area contributed by atoms with E-state index in [2.05, 4.69) is 19.2 Å². The predicted octanol–water partition coefficient (Wildman–Crippen LogP) is 2.63. The molecule has 1 aromatic carbocycles. The van der Waals surface area contributed by atoms with Gasteiger partial charge in [-0.25, -0.2) is 4.79 Å². The number of carboxylic acid groups (broad SMARTS) is 1. The van der Waals surface area contributed by atoms with Crippen LogP contribution in [0.3, 0.4) is 0 Å². The van der Waals surface area contributed by atoms with Crippen molar-refractivity contribution in [3.63, 3.8) is 0 Å². The van der Waals surface area contributed by atoms with Crippen molar-refractivity contribution in [2.45, 2.75) is 32.7 Å². The van der Waals surface area contributed by atoms with E-state index in [-0.39, 0.29) is 6.04 Å². The van der Waals surface area contributed by atoms with E-state index in [9.17, 15) is 9.59 Å². The molecular weight excluding hydrogens is 242 g/mol. The number of rotatable bonds is 5. The van der Waals surface area contributed by atoms with Crippen LogP contribution in [0.1, 0.15) is 43.9 Å². The third-order valence-corrected chi connectivity index (χ3v) is 2.84. The van der Waals surface area contributed by atoms with Crippen molar-refractivity contribution >= 4 is 11.9 Å². The highest BCUT2D eigenvalue weighted by atomic mass is 16.4. The lowest BCUT2D eigenvalue weighted by Crippen LogP contribution is -2.24. The Morgan fingerprint density at radius 2 is 1.58 bits per heavy atom. The molecule has 1 atom stereocenters. The Labute approximate surface area is 113 Å². The molecule has 4 heteroatoms. The minimum atomic E-state index is -1.14. The van der Waals surface area contributed by atoms with E-state index < -0.39 is 11.9 Å². The summed E-state index contributed by atoms with van der Waals surface area (Å²) in [5.74, 6) is -1.08. The first-order valence-corrected chi connectivity index (χ1v) is 6.21.